The van der Waals surface area contributed by atoms with Crippen molar-refractivity contribution < 1.29 is 4.79 Å². The van der Waals surface area contributed by atoms with Crippen molar-refractivity contribution in [2.75, 3.05) is 26.2 Å². The normalized spacial score (nSPS) is 21.7. The van der Waals surface area contributed by atoms with Gasteiger partial charge in [-0.3, -0.25) is 4.79 Å². The fourth-order valence-corrected chi connectivity index (χ4v) is 1.69. The molecule has 0 aromatic rings. The molecule has 88 valence electrons. The second-order valence-electron chi connectivity index (χ2n) is 4.44. The quantitative estimate of drug-likeness (QED) is 0.568. The summed E-state index contributed by atoms with van der Waals surface area (Å²) in [7, 11) is 0. The third kappa shape index (κ3) is 5.14. The molecule has 0 spiro atoms. The van der Waals surface area contributed by atoms with Crippen LogP contribution in [0.1, 0.15) is 26.7 Å². The summed E-state index contributed by atoms with van der Waals surface area (Å²) in [4.78, 5) is 11.2. The smallest absolute Gasteiger partial charge is 0.222 e. The third-order valence-electron chi connectivity index (χ3n) is 2.68. The van der Waals surface area contributed by atoms with Crippen LogP contribution in [0.15, 0.2) is 0 Å². The zero-order valence-corrected chi connectivity index (χ0v) is 9.81. The SMILES string of the molecule is CC(C)C(=O)NCCNC1CCCNC1. The van der Waals surface area contributed by atoms with Gasteiger partial charge in [-0.05, 0) is 19.4 Å². The van der Waals surface area contributed by atoms with Crippen LogP contribution >= 0.6 is 0 Å². The van der Waals surface area contributed by atoms with Crippen LogP contribution in [0, 0.1) is 5.92 Å². The molecule has 4 nitrogen and oxygen atoms in total. The van der Waals surface area contributed by atoms with Crippen molar-refractivity contribution in [3.63, 3.8) is 0 Å². The summed E-state index contributed by atoms with van der Waals surface area (Å²) in [6, 6.07) is 0.578. The van der Waals surface area contributed by atoms with Crippen LogP contribution in [0.3, 0.4) is 0 Å². The van der Waals surface area contributed by atoms with E-state index in [0.29, 0.717) is 6.04 Å². The maximum Gasteiger partial charge on any atom is 0.222 e. The van der Waals surface area contributed by atoms with Gasteiger partial charge in [0.25, 0.3) is 0 Å². The van der Waals surface area contributed by atoms with Gasteiger partial charge in [0.2, 0.25) is 5.91 Å². The second kappa shape index (κ2) is 6.80. The number of nitrogens with one attached hydrogen (secondary N) is 3. The standard InChI is InChI=1S/C11H23N3O/c1-9(2)11(15)14-7-6-13-10-4-3-5-12-8-10/h9-10,12-13H,3-8H2,1-2H3,(H,14,15). The zero-order valence-electron chi connectivity index (χ0n) is 9.81. The van der Waals surface area contributed by atoms with Crippen molar-refractivity contribution in [1.82, 2.24) is 16.0 Å². The average molecular weight is 213 g/mol. The molecule has 1 fully saturated rings. The molecule has 0 aromatic heterocycles. The largest absolute Gasteiger partial charge is 0.355 e. The molecule has 3 N–H and O–H groups in total. The summed E-state index contributed by atoms with van der Waals surface area (Å²) in [5, 5.41) is 9.69. The van der Waals surface area contributed by atoms with Gasteiger partial charge in [-0.2, -0.15) is 0 Å². The second-order valence-corrected chi connectivity index (χ2v) is 4.44. The summed E-state index contributed by atoms with van der Waals surface area (Å²) in [6.45, 7) is 7.61. The number of hydrogen-bond donors (Lipinski definition) is 3. The van der Waals surface area contributed by atoms with Crippen LogP contribution in [-0.4, -0.2) is 38.1 Å². The van der Waals surface area contributed by atoms with Gasteiger partial charge < -0.3 is 16.0 Å². The lowest BCUT2D eigenvalue weighted by atomic mass is 10.1. The minimum absolute atomic E-state index is 0.0846. The Morgan fingerprint density at radius 1 is 1.47 bits per heavy atom. The van der Waals surface area contributed by atoms with Gasteiger partial charge in [0.1, 0.15) is 0 Å². The lowest BCUT2D eigenvalue weighted by molar-refractivity contribution is -0.123. The number of piperidine rings is 1. The van der Waals surface area contributed by atoms with Crippen LogP contribution in [0.2, 0.25) is 0 Å². The fraction of sp³-hybridized carbons (Fsp3) is 0.909. The Morgan fingerprint density at radius 2 is 2.27 bits per heavy atom. The summed E-state index contributed by atoms with van der Waals surface area (Å²) < 4.78 is 0. The van der Waals surface area contributed by atoms with Gasteiger partial charge in [0.05, 0.1) is 0 Å². The summed E-state index contributed by atoms with van der Waals surface area (Å²) in [5.74, 6) is 0.222. The Kier molecular flexibility index (Phi) is 5.65. The van der Waals surface area contributed by atoms with Gasteiger partial charge in [0.15, 0.2) is 0 Å². The van der Waals surface area contributed by atoms with E-state index < -0.39 is 0 Å². The minimum atomic E-state index is 0.0846. The molecule has 0 aromatic carbocycles. The highest BCUT2D eigenvalue weighted by atomic mass is 16.1. The Hall–Kier alpha value is -0.610. The fourth-order valence-electron chi connectivity index (χ4n) is 1.69. The molecular weight excluding hydrogens is 190 g/mol. The predicted molar refractivity (Wildman–Crippen MR) is 61.7 cm³/mol. The maximum absolute atomic E-state index is 11.2. The van der Waals surface area contributed by atoms with Gasteiger partial charge >= 0.3 is 0 Å². The van der Waals surface area contributed by atoms with Crippen LogP contribution in [0.25, 0.3) is 0 Å². The number of rotatable bonds is 5. The van der Waals surface area contributed by atoms with Crippen LogP contribution in [-0.2, 0) is 4.79 Å². The number of hydrogen-bond acceptors (Lipinski definition) is 3. The average Bonchev–Trinajstić information content (AvgIpc) is 2.25. The third-order valence-corrected chi connectivity index (χ3v) is 2.68. The lowest BCUT2D eigenvalue weighted by Gasteiger charge is -2.24. The predicted octanol–water partition coefficient (Wildman–Crippen LogP) is 0.100. The van der Waals surface area contributed by atoms with E-state index in [0.717, 1.165) is 26.2 Å². The zero-order chi connectivity index (χ0) is 11.1. The topological polar surface area (TPSA) is 53.2 Å². The van der Waals surface area contributed by atoms with Gasteiger partial charge in [0, 0.05) is 31.6 Å². The molecule has 1 heterocycles. The number of carbonyl (C=O) groups excluding carboxylic acids is 1. The highest BCUT2D eigenvalue weighted by Crippen LogP contribution is 2.00. The van der Waals surface area contributed by atoms with E-state index in [1.54, 1.807) is 0 Å². The molecule has 15 heavy (non-hydrogen) atoms. The molecule has 0 saturated carbocycles. The molecule has 1 aliphatic rings. The van der Waals surface area contributed by atoms with Crippen LogP contribution in [0.4, 0.5) is 0 Å². The summed E-state index contributed by atoms with van der Waals surface area (Å²) in [5.41, 5.74) is 0. The first-order chi connectivity index (χ1) is 7.20. The van der Waals surface area contributed by atoms with Gasteiger partial charge in [-0.1, -0.05) is 13.8 Å². The van der Waals surface area contributed by atoms with E-state index in [2.05, 4.69) is 16.0 Å². The van der Waals surface area contributed by atoms with Gasteiger partial charge in [-0.15, -0.1) is 0 Å². The first-order valence-electron chi connectivity index (χ1n) is 5.92. The monoisotopic (exact) mass is 213 g/mol. The van der Waals surface area contributed by atoms with Crippen molar-refractivity contribution >= 4 is 5.91 Å². The Bertz CT molecular complexity index is 188. The summed E-state index contributed by atoms with van der Waals surface area (Å²) >= 11 is 0. The molecule has 0 bridgehead atoms. The van der Waals surface area contributed by atoms with Crippen molar-refractivity contribution in [2.45, 2.75) is 32.7 Å². The maximum atomic E-state index is 11.2. The van der Waals surface area contributed by atoms with E-state index in [9.17, 15) is 4.79 Å². The first kappa shape index (κ1) is 12.5. The first-order valence-corrected chi connectivity index (χ1v) is 5.92. The molecule has 4 heteroatoms. The van der Waals surface area contributed by atoms with Crippen molar-refractivity contribution in [1.29, 1.82) is 0 Å². The number of amides is 1. The molecule has 1 saturated heterocycles. The number of carbonyl (C=O) groups is 1. The van der Waals surface area contributed by atoms with Crippen LogP contribution < -0.4 is 16.0 Å². The molecule has 0 radical (unpaired) electrons. The molecule has 0 aliphatic carbocycles. The van der Waals surface area contributed by atoms with Gasteiger partial charge in [-0.25, -0.2) is 0 Å². The van der Waals surface area contributed by atoms with E-state index in [1.165, 1.54) is 12.8 Å². The Morgan fingerprint density at radius 3 is 2.87 bits per heavy atom. The van der Waals surface area contributed by atoms with Crippen molar-refractivity contribution in [3.05, 3.63) is 0 Å². The highest BCUT2D eigenvalue weighted by Gasteiger charge is 2.11. The van der Waals surface area contributed by atoms with Crippen LogP contribution in [0.5, 0.6) is 0 Å². The summed E-state index contributed by atoms with van der Waals surface area (Å²) in [6.07, 6.45) is 2.49. The highest BCUT2D eigenvalue weighted by molar-refractivity contribution is 5.77. The van der Waals surface area contributed by atoms with E-state index in [-0.39, 0.29) is 11.8 Å². The van der Waals surface area contributed by atoms with Crippen molar-refractivity contribution in [3.8, 4) is 0 Å². The Labute approximate surface area is 92.2 Å². The molecule has 1 unspecified atom stereocenters. The van der Waals surface area contributed by atoms with E-state index in [1.807, 2.05) is 13.8 Å². The van der Waals surface area contributed by atoms with Crippen molar-refractivity contribution in [2.24, 2.45) is 5.92 Å². The van der Waals surface area contributed by atoms with E-state index in [4.69, 9.17) is 0 Å². The molecular formula is C11H23N3O. The Balaban J connectivity index is 1.98. The molecule has 1 amide bonds. The lowest BCUT2D eigenvalue weighted by Crippen LogP contribution is -2.45. The molecule has 1 atom stereocenters. The minimum Gasteiger partial charge on any atom is -0.355 e. The molecule has 1 aliphatic heterocycles. The molecule has 1 rings (SSSR count). The van der Waals surface area contributed by atoms with E-state index >= 15 is 0 Å².